The Morgan fingerprint density at radius 3 is 2.80 bits per heavy atom. The standard InChI is InChI=1S/C16H17IN2O/c17-14-9-8-13(15-12(14)7-4-10-18-15)16(20)19-11-5-2-1-3-6-11/h4,7-11H,1-3,5-6H2,(H,19,20). The second kappa shape index (κ2) is 6.08. The number of rotatable bonds is 2. The third-order valence-corrected chi connectivity index (χ3v) is 4.84. The molecule has 1 fully saturated rings. The van der Waals surface area contributed by atoms with Crippen LogP contribution in [-0.4, -0.2) is 16.9 Å². The van der Waals surface area contributed by atoms with E-state index in [9.17, 15) is 4.79 Å². The van der Waals surface area contributed by atoms with Gasteiger partial charge in [0.15, 0.2) is 0 Å². The first-order valence-corrected chi connectivity index (χ1v) is 8.17. The van der Waals surface area contributed by atoms with Gasteiger partial charge in [-0.2, -0.15) is 0 Å². The molecule has 1 aliphatic carbocycles. The molecule has 0 aliphatic heterocycles. The van der Waals surface area contributed by atoms with Crippen LogP contribution in [0.2, 0.25) is 0 Å². The number of nitrogens with one attached hydrogen (secondary N) is 1. The fourth-order valence-corrected chi connectivity index (χ4v) is 3.45. The molecule has 104 valence electrons. The number of carbonyl (C=O) groups excluding carboxylic acids is 1. The number of halogens is 1. The fraction of sp³-hybridized carbons (Fsp3) is 0.375. The lowest BCUT2D eigenvalue weighted by atomic mass is 9.95. The Hall–Kier alpha value is -1.17. The van der Waals surface area contributed by atoms with Gasteiger partial charge in [0, 0.05) is 21.2 Å². The molecule has 0 spiro atoms. The molecule has 1 N–H and O–H groups in total. The molecule has 4 heteroatoms. The lowest BCUT2D eigenvalue weighted by Crippen LogP contribution is -2.36. The molecule has 3 nitrogen and oxygen atoms in total. The van der Waals surface area contributed by atoms with Crippen LogP contribution in [0.5, 0.6) is 0 Å². The monoisotopic (exact) mass is 380 g/mol. The molecular weight excluding hydrogens is 363 g/mol. The van der Waals surface area contributed by atoms with Gasteiger partial charge in [-0.25, -0.2) is 0 Å². The largest absolute Gasteiger partial charge is 0.349 e. The van der Waals surface area contributed by atoms with Crippen LogP contribution in [0.15, 0.2) is 30.5 Å². The van der Waals surface area contributed by atoms with E-state index in [0.717, 1.165) is 27.3 Å². The van der Waals surface area contributed by atoms with Gasteiger partial charge in [-0.1, -0.05) is 25.3 Å². The Morgan fingerprint density at radius 1 is 1.20 bits per heavy atom. The van der Waals surface area contributed by atoms with Gasteiger partial charge >= 0.3 is 0 Å². The molecule has 1 aromatic heterocycles. The molecule has 0 radical (unpaired) electrons. The third-order valence-electron chi connectivity index (χ3n) is 3.90. The summed E-state index contributed by atoms with van der Waals surface area (Å²) in [6, 6.07) is 8.12. The summed E-state index contributed by atoms with van der Waals surface area (Å²) in [4.78, 5) is 16.9. The highest BCUT2D eigenvalue weighted by atomic mass is 127. The number of fused-ring (bicyclic) bond motifs is 1. The van der Waals surface area contributed by atoms with E-state index in [1.54, 1.807) is 6.20 Å². The van der Waals surface area contributed by atoms with Gasteiger partial charge in [0.2, 0.25) is 0 Å². The Bertz CT molecular complexity index is 635. The lowest BCUT2D eigenvalue weighted by Gasteiger charge is -2.23. The Balaban J connectivity index is 1.89. The number of pyridine rings is 1. The topological polar surface area (TPSA) is 42.0 Å². The SMILES string of the molecule is O=C(NC1CCCCC1)c1ccc(I)c2cccnc12. The van der Waals surface area contributed by atoms with Crippen molar-refractivity contribution in [3.63, 3.8) is 0 Å². The van der Waals surface area contributed by atoms with Crippen molar-refractivity contribution in [2.45, 2.75) is 38.1 Å². The van der Waals surface area contributed by atoms with Crippen molar-refractivity contribution in [1.82, 2.24) is 10.3 Å². The van der Waals surface area contributed by atoms with Gasteiger partial charge < -0.3 is 5.32 Å². The van der Waals surface area contributed by atoms with Crippen LogP contribution in [-0.2, 0) is 0 Å². The molecule has 1 saturated carbocycles. The molecule has 20 heavy (non-hydrogen) atoms. The van der Waals surface area contributed by atoms with Gasteiger partial charge in [0.25, 0.3) is 5.91 Å². The maximum atomic E-state index is 12.5. The molecule has 3 rings (SSSR count). The summed E-state index contributed by atoms with van der Waals surface area (Å²) in [6.45, 7) is 0. The number of nitrogens with zero attached hydrogens (tertiary/aromatic N) is 1. The number of benzene rings is 1. The number of carbonyl (C=O) groups is 1. The molecule has 1 amide bonds. The van der Waals surface area contributed by atoms with E-state index in [2.05, 4.69) is 32.9 Å². The normalized spacial score (nSPS) is 16.2. The molecule has 1 aromatic carbocycles. The smallest absolute Gasteiger partial charge is 0.253 e. The molecular formula is C16H17IN2O. The van der Waals surface area contributed by atoms with Gasteiger partial charge in [0.05, 0.1) is 11.1 Å². The van der Waals surface area contributed by atoms with E-state index >= 15 is 0 Å². The summed E-state index contributed by atoms with van der Waals surface area (Å²) in [5.41, 5.74) is 1.49. The van der Waals surface area contributed by atoms with Crippen molar-refractivity contribution in [1.29, 1.82) is 0 Å². The second-order valence-corrected chi connectivity index (χ2v) is 6.47. The van der Waals surface area contributed by atoms with Crippen LogP contribution < -0.4 is 5.32 Å². The molecule has 0 unspecified atom stereocenters. The Morgan fingerprint density at radius 2 is 2.00 bits per heavy atom. The minimum Gasteiger partial charge on any atom is -0.349 e. The van der Waals surface area contributed by atoms with Crippen molar-refractivity contribution in [3.05, 3.63) is 39.6 Å². The predicted octanol–water partition coefficient (Wildman–Crippen LogP) is 3.90. The second-order valence-electron chi connectivity index (χ2n) is 5.30. The maximum absolute atomic E-state index is 12.5. The quantitative estimate of drug-likeness (QED) is 0.803. The van der Waals surface area contributed by atoms with Crippen LogP contribution >= 0.6 is 22.6 Å². The Labute approximate surface area is 132 Å². The van der Waals surface area contributed by atoms with Crippen molar-refractivity contribution in [2.75, 3.05) is 0 Å². The molecule has 1 aliphatic rings. The van der Waals surface area contributed by atoms with Crippen molar-refractivity contribution < 1.29 is 4.79 Å². The van der Waals surface area contributed by atoms with Gasteiger partial charge in [-0.3, -0.25) is 9.78 Å². The van der Waals surface area contributed by atoms with Gasteiger partial charge in [-0.05, 0) is 53.6 Å². The summed E-state index contributed by atoms with van der Waals surface area (Å²) < 4.78 is 1.12. The van der Waals surface area contributed by atoms with Crippen molar-refractivity contribution in [2.24, 2.45) is 0 Å². The van der Waals surface area contributed by atoms with E-state index < -0.39 is 0 Å². The summed E-state index contributed by atoms with van der Waals surface area (Å²) in [5, 5.41) is 4.21. The van der Waals surface area contributed by atoms with Gasteiger partial charge in [-0.15, -0.1) is 0 Å². The minimum absolute atomic E-state index is 0.0111. The van der Waals surface area contributed by atoms with E-state index in [4.69, 9.17) is 0 Å². The fourth-order valence-electron chi connectivity index (χ4n) is 2.83. The maximum Gasteiger partial charge on any atom is 0.253 e. The van der Waals surface area contributed by atoms with Gasteiger partial charge in [0.1, 0.15) is 0 Å². The molecule has 2 aromatic rings. The molecule has 0 saturated heterocycles. The Kier molecular flexibility index (Phi) is 4.19. The molecule has 0 bridgehead atoms. The lowest BCUT2D eigenvalue weighted by molar-refractivity contribution is 0.0929. The highest BCUT2D eigenvalue weighted by Gasteiger charge is 2.18. The average molecular weight is 380 g/mol. The molecule has 1 heterocycles. The summed E-state index contributed by atoms with van der Waals surface area (Å²) >= 11 is 2.28. The predicted molar refractivity (Wildman–Crippen MR) is 88.8 cm³/mol. The van der Waals surface area contributed by atoms with Crippen LogP contribution in [0.3, 0.4) is 0 Å². The average Bonchev–Trinajstić information content (AvgIpc) is 2.49. The van der Waals surface area contributed by atoms with Crippen LogP contribution in [0.4, 0.5) is 0 Å². The number of amides is 1. The van der Waals surface area contributed by atoms with Crippen LogP contribution in [0, 0.1) is 3.57 Å². The first-order chi connectivity index (χ1) is 9.75. The zero-order valence-corrected chi connectivity index (χ0v) is 13.4. The number of hydrogen-bond donors (Lipinski definition) is 1. The zero-order chi connectivity index (χ0) is 13.9. The minimum atomic E-state index is 0.0111. The molecule has 0 atom stereocenters. The summed E-state index contributed by atoms with van der Waals surface area (Å²) in [7, 11) is 0. The highest BCUT2D eigenvalue weighted by Crippen LogP contribution is 2.23. The van der Waals surface area contributed by atoms with Crippen LogP contribution in [0.25, 0.3) is 10.9 Å². The zero-order valence-electron chi connectivity index (χ0n) is 11.2. The first-order valence-electron chi connectivity index (χ1n) is 7.10. The number of hydrogen-bond acceptors (Lipinski definition) is 2. The number of aromatic nitrogens is 1. The van der Waals surface area contributed by atoms with Crippen molar-refractivity contribution >= 4 is 39.4 Å². The third kappa shape index (κ3) is 2.80. The van der Waals surface area contributed by atoms with E-state index in [-0.39, 0.29) is 5.91 Å². The van der Waals surface area contributed by atoms with E-state index in [0.29, 0.717) is 11.6 Å². The van der Waals surface area contributed by atoms with E-state index in [1.807, 2.05) is 24.3 Å². The summed E-state index contributed by atoms with van der Waals surface area (Å²) in [6.07, 6.45) is 7.67. The summed E-state index contributed by atoms with van der Waals surface area (Å²) in [5.74, 6) is 0.0111. The van der Waals surface area contributed by atoms with Crippen LogP contribution in [0.1, 0.15) is 42.5 Å². The highest BCUT2D eigenvalue weighted by molar-refractivity contribution is 14.1. The van der Waals surface area contributed by atoms with E-state index in [1.165, 1.54) is 19.3 Å². The van der Waals surface area contributed by atoms with Crippen molar-refractivity contribution in [3.8, 4) is 0 Å². The first kappa shape index (κ1) is 13.8.